The third kappa shape index (κ3) is 16.0. The molecule has 0 aliphatic carbocycles. The number of aliphatic hydroxyl groups is 6. The standard InChI is InChI=1S/C36H63NO9/c1-2-3-4-5-6-7-8-9-10-11-12-18-23-29(39)32(41)28(26-45-36-35(44)34(43)33(42)30(25-38)46-36)37-31(40)24-19-14-17-22-27-20-15-13-16-21-27/h13,15-16,20-21,28-30,32-36,38-39,41-44H,2-12,14,17-19,22-26H2,1H3,(H,37,40)/t28-,29-,30-,32+,33+,34+,35-,36+/m1/s1. The van der Waals surface area contributed by atoms with Gasteiger partial charge in [-0.05, 0) is 31.2 Å². The molecule has 7 N–H and O–H groups in total. The third-order valence-corrected chi connectivity index (χ3v) is 9.01. The number of aryl methyl sites for hydroxylation is 1. The van der Waals surface area contributed by atoms with Crippen LogP contribution >= 0.6 is 0 Å². The fraction of sp³-hybridized carbons (Fsp3) is 0.806. The van der Waals surface area contributed by atoms with Crippen molar-refractivity contribution >= 4 is 5.91 Å². The van der Waals surface area contributed by atoms with Crippen LogP contribution in [0.1, 0.15) is 122 Å². The van der Waals surface area contributed by atoms with E-state index in [0.717, 1.165) is 44.9 Å². The van der Waals surface area contributed by atoms with Crippen LogP contribution in [0, 0.1) is 0 Å². The second kappa shape index (κ2) is 24.5. The van der Waals surface area contributed by atoms with Crippen LogP contribution < -0.4 is 5.32 Å². The van der Waals surface area contributed by atoms with E-state index in [0.29, 0.717) is 12.8 Å². The third-order valence-electron chi connectivity index (χ3n) is 9.01. The van der Waals surface area contributed by atoms with Gasteiger partial charge in [0.2, 0.25) is 5.91 Å². The normalized spacial score (nSPS) is 23.6. The van der Waals surface area contributed by atoms with E-state index >= 15 is 0 Å². The Morgan fingerprint density at radius 2 is 1.39 bits per heavy atom. The topological polar surface area (TPSA) is 169 Å². The van der Waals surface area contributed by atoms with E-state index in [9.17, 15) is 35.4 Å². The van der Waals surface area contributed by atoms with Crippen LogP contribution in [0.4, 0.5) is 0 Å². The second-order valence-electron chi connectivity index (χ2n) is 13.0. The van der Waals surface area contributed by atoms with Crippen molar-refractivity contribution in [2.75, 3.05) is 13.2 Å². The number of aliphatic hydroxyl groups excluding tert-OH is 6. The number of unbranched alkanes of at least 4 members (excludes halogenated alkanes) is 13. The molecule has 1 aliphatic heterocycles. The van der Waals surface area contributed by atoms with Crippen LogP contribution in [0.15, 0.2) is 30.3 Å². The van der Waals surface area contributed by atoms with Crippen molar-refractivity contribution in [3.8, 4) is 0 Å². The molecule has 8 atom stereocenters. The van der Waals surface area contributed by atoms with Gasteiger partial charge in [0.05, 0.1) is 25.4 Å². The molecule has 2 rings (SSSR count). The van der Waals surface area contributed by atoms with Gasteiger partial charge in [-0.3, -0.25) is 4.79 Å². The summed E-state index contributed by atoms with van der Waals surface area (Å²) < 4.78 is 11.1. The van der Waals surface area contributed by atoms with Gasteiger partial charge in [-0.2, -0.15) is 0 Å². The van der Waals surface area contributed by atoms with Gasteiger partial charge in [0.25, 0.3) is 0 Å². The van der Waals surface area contributed by atoms with Crippen LogP contribution in [0.2, 0.25) is 0 Å². The van der Waals surface area contributed by atoms with E-state index in [1.54, 1.807) is 0 Å². The van der Waals surface area contributed by atoms with Gasteiger partial charge < -0.3 is 45.4 Å². The lowest BCUT2D eigenvalue weighted by atomic mass is 9.98. The van der Waals surface area contributed by atoms with Crippen molar-refractivity contribution in [2.45, 2.75) is 171 Å². The number of rotatable bonds is 26. The molecule has 1 saturated heterocycles. The largest absolute Gasteiger partial charge is 0.394 e. The minimum Gasteiger partial charge on any atom is -0.394 e. The Labute approximate surface area is 276 Å². The van der Waals surface area contributed by atoms with Gasteiger partial charge >= 0.3 is 0 Å². The molecule has 266 valence electrons. The Bertz CT molecular complexity index is 889. The van der Waals surface area contributed by atoms with Crippen molar-refractivity contribution in [3.05, 3.63) is 35.9 Å². The fourth-order valence-electron chi connectivity index (χ4n) is 5.98. The number of carbonyl (C=O) groups is 1. The first kappa shape index (κ1) is 40.5. The first-order chi connectivity index (χ1) is 22.3. The summed E-state index contributed by atoms with van der Waals surface area (Å²) in [6.45, 7) is 1.31. The molecule has 1 heterocycles. The number of carbonyl (C=O) groups excluding carboxylic acids is 1. The lowest BCUT2D eigenvalue weighted by Crippen LogP contribution is -2.60. The summed E-state index contributed by atoms with van der Waals surface area (Å²) in [5, 5.41) is 64.6. The molecule has 1 fully saturated rings. The van der Waals surface area contributed by atoms with E-state index in [1.165, 1.54) is 56.9 Å². The van der Waals surface area contributed by atoms with E-state index in [4.69, 9.17) is 9.47 Å². The summed E-state index contributed by atoms with van der Waals surface area (Å²) in [5.74, 6) is -0.293. The van der Waals surface area contributed by atoms with Crippen molar-refractivity contribution < 1.29 is 44.9 Å². The Balaban J connectivity index is 1.79. The summed E-state index contributed by atoms with van der Waals surface area (Å²) in [7, 11) is 0. The molecular weight excluding hydrogens is 590 g/mol. The molecule has 10 heteroatoms. The zero-order valence-corrected chi connectivity index (χ0v) is 28.1. The zero-order valence-electron chi connectivity index (χ0n) is 28.1. The molecule has 0 spiro atoms. The summed E-state index contributed by atoms with van der Waals surface area (Å²) in [4.78, 5) is 12.8. The molecule has 10 nitrogen and oxygen atoms in total. The Hall–Kier alpha value is -1.63. The first-order valence-corrected chi connectivity index (χ1v) is 17.9. The minimum atomic E-state index is -1.61. The van der Waals surface area contributed by atoms with Gasteiger partial charge in [-0.15, -0.1) is 0 Å². The lowest BCUT2D eigenvalue weighted by molar-refractivity contribution is -0.303. The summed E-state index contributed by atoms with van der Waals surface area (Å²) in [6.07, 6.45) is 8.55. The lowest BCUT2D eigenvalue weighted by Gasteiger charge is -2.40. The van der Waals surface area contributed by atoms with Crippen LogP contribution in [0.5, 0.6) is 0 Å². The predicted octanol–water partition coefficient (Wildman–Crippen LogP) is 3.90. The number of hydrogen-bond acceptors (Lipinski definition) is 9. The monoisotopic (exact) mass is 653 g/mol. The predicted molar refractivity (Wildman–Crippen MR) is 178 cm³/mol. The molecule has 46 heavy (non-hydrogen) atoms. The van der Waals surface area contributed by atoms with Crippen molar-refractivity contribution in [3.63, 3.8) is 0 Å². The Kier molecular flexibility index (Phi) is 21.6. The smallest absolute Gasteiger partial charge is 0.220 e. The number of amides is 1. The van der Waals surface area contributed by atoms with Gasteiger partial charge in [0.15, 0.2) is 6.29 Å². The van der Waals surface area contributed by atoms with Gasteiger partial charge in [-0.1, -0.05) is 121 Å². The molecule has 1 aromatic rings. The van der Waals surface area contributed by atoms with Gasteiger partial charge in [0.1, 0.15) is 30.5 Å². The van der Waals surface area contributed by atoms with Gasteiger partial charge in [0, 0.05) is 6.42 Å². The maximum absolute atomic E-state index is 12.8. The highest BCUT2D eigenvalue weighted by atomic mass is 16.7. The number of ether oxygens (including phenoxy) is 2. The number of benzene rings is 1. The van der Waals surface area contributed by atoms with Crippen LogP contribution in [0.25, 0.3) is 0 Å². The van der Waals surface area contributed by atoms with E-state index in [2.05, 4.69) is 24.4 Å². The summed E-state index contributed by atoms with van der Waals surface area (Å²) >= 11 is 0. The highest BCUT2D eigenvalue weighted by Gasteiger charge is 2.44. The SMILES string of the molecule is CCCCCCCCCCCCCC[C@@H](O)[C@@H](O)[C@@H](CO[C@H]1O[C@H](CO)[C@H](O)[C@H](O)[C@H]1O)NC(=O)CCCCCc1ccccc1. The molecule has 0 bridgehead atoms. The Morgan fingerprint density at radius 3 is 2.00 bits per heavy atom. The number of nitrogens with one attached hydrogen (secondary N) is 1. The van der Waals surface area contributed by atoms with Crippen LogP contribution in [-0.2, 0) is 20.7 Å². The van der Waals surface area contributed by atoms with Crippen LogP contribution in [0.3, 0.4) is 0 Å². The molecule has 0 radical (unpaired) electrons. The first-order valence-electron chi connectivity index (χ1n) is 17.9. The molecular formula is C36H63NO9. The average Bonchev–Trinajstić information content (AvgIpc) is 3.06. The maximum atomic E-state index is 12.8. The zero-order chi connectivity index (χ0) is 33.6. The van der Waals surface area contributed by atoms with E-state index in [-0.39, 0.29) is 18.9 Å². The maximum Gasteiger partial charge on any atom is 0.220 e. The van der Waals surface area contributed by atoms with Crippen LogP contribution in [-0.4, -0.2) is 98.7 Å². The molecule has 1 aliphatic rings. The van der Waals surface area contributed by atoms with Crippen molar-refractivity contribution in [2.24, 2.45) is 0 Å². The highest BCUT2D eigenvalue weighted by Crippen LogP contribution is 2.23. The van der Waals surface area contributed by atoms with Crippen molar-refractivity contribution in [1.29, 1.82) is 0 Å². The van der Waals surface area contributed by atoms with E-state index in [1.807, 2.05) is 18.2 Å². The van der Waals surface area contributed by atoms with E-state index < -0.39 is 55.6 Å². The molecule has 1 amide bonds. The second-order valence-corrected chi connectivity index (χ2v) is 13.0. The Morgan fingerprint density at radius 1 is 0.804 bits per heavy atom. The van der Waals surface area contributed by atoms with Gasteiger partial charge in [-0.25, -0.2) is 0 Å². The number of hydrogen-bond donors (Lipinski definition) is 7. The summed E-state index contributed by atoms with van der Waals surface area (Å²) in [5.41, 5.74) is 1.25. The fourth-order valence-corrected chi connectivity index (χ4v) is 5.98. The van der Waals surface area contributed by atoms with Crippen molar-refractivity contribution in [1.82, 2.24) is 5.32 Å². The highest BCUT2D eigenvalue weighted by molar-refractivity contribution is 5.76. The average molecular weight is 654 g/mol. The molecule has 0 unspecified atom stereocenters. The molecule has 0 aromatic heterocycles. The quantitative estimate of drug-likeness (QED) is 0.0734. The molecule has 0 saturated carbocycles. The minimum absolute atomic E-state index is 0.243. The summed E-state index contributed by atoms with van der Waals surface area (Å²) in [6, 6.07) is 9.15. The molecule has 1 aromatic carbocycles.